The Kier molecular flexibility index (Phi) is 3.97. The highest BCUT2D eigenvalue weighted by molar-refractivity contribution is 6.31. The van der Waals surface area contributed by atoms with Gasteiger partial charge in [0.25, 0.3) is 0 Å². The molecule has 1 aliphatic rings. The van der Waals surface area contributed by atoms with E-state index < -0.39 is 5.82 Å². The van der Waals surface area contributed by atoms with E-state index in [2.05, 4.69) is 10.6 Å². The molecule has 1 aliphatic heterocycles. The topological polar surface area (TPSA) is 41.1 Å². The summed E-state index contributed by atoms with van der Waals surface area (Å²) in [7, 11) is 0. The van der Waals surface area contributed by atoms with Gasteiger partial charge < -0.3 is 10.6 Å². The summed E-state index contributed by atoms with van der Waals surface area (Å²) in [5.74, 6) is -0.142. The van der Waals surface area contributed by atoms with Crippen LogP contribution in [-0.4, -0.2) is 19.0 Å². The number of nitrogens with one attached hydrogen (secondary N) is 2. The van der Waals surface area contributed by atoms with Crippen LogP contribution in [0.4, 0.5) is 10.1 Å². The molecule has 2 rings (SSSR count). The Labute approximate surface area is 104 Å². The first-order valence-electron chi connectivity index (χ1n) is 5.61. The van der Waals surface area contributed by atoms with Crippen LogP contribution in [0.15, 0.2) is 18.2 Å². The van der Waals surface area contributed by atoms with Crippen molar-refractivity contribution in [3.05, 3.63) is 29.0 Å². The highest BCUT2D eigenvalue weighted by Gasteiger charge is 2.18. The Morgan fingerprint density at radius 1 is 1.59 bits per heavy atom. The molecule has 1 aromatic rings. The lowest BCUT2D eigenvalue weighted by atomic mass is 10.0. The maximum absolute atomic E-state index is 12.9. The van der Waals surface area contributed by atoms with Gasteiger partial charge in [0, 0.05) is 12.1 Å². The summed E-state index contributed by atoms with van der Waals surface area (Å²) in [6, 6.07) is 4.17. The zero-order valence-corrected chi connectivity index (χ0v) is 10.1. The average molecular weight is 257 g/mol. The molecule has 1 unspecified atom stereocenters. The lowest BCUT2D eigenvalue weighted by Crippen LogP contribution is -2.18. The van der Waals surface area contributed by atoms with E-state index in [1.54, 1.807) is 0 Å². The van der Waals surface area contributed by atoms with E-state index in [1.165, 1.54) is 18.2 Å². The predicted molar refractivity (Wildman–Crippen MR) is 65.6 cm³/mol. The highest BCUT2D eigenvalue weighted by atomic mass is 35.5. The van der Waals surface area contributed by atoms with E-state index in [-0.39, 0.29) is 10.9 Å². The van der Waals surface area contributed by atoms with Gasteiger partial charge in [0.15, 0.2) is 0 Å². The monoisotopic (exact) mass is 256 g/mol. The molecule has 1 fully saturated rings. The number of amides is 1. The fraction of sp³-hybridized carbons (Fsp3) is 0.417. The molecule has 1 saturated heterocycles. The second kappa shape index (κ2) is 5.47. The molecule has 2 N–H and O–H groups in total. The van der Waals surface area contributed by atoms with E-state index in [0.717, 1.165) is 19.5 Å². The van der Waals surface area contributed by atoms with Crippen LogP contribution in [0.2, 0.25) is 5.02 Å². The molecule has 0 saturated carbocycles. The fourth-order valence-corrected chi connectivity index (χ4v) is 2.12. The molecule has 1 amide bonds. The van der Waals surface area contributed by atoms with Crippen LogP contribution in [0.1, 0.15) is 12.8 Å². The van der Waals surface area contributed by atoms with E-state index in [9.17, 15) is 9.18 Å². The lowest BCUT2D eigenvalue weighted by molar-refractivity contribution is -0.116. The van der Waals surface area contributed by atoms with Crippen molar-refractivity contribution in [3.63, 3.8) is 0 Å². The molecular weight excluding hydrogens is 243 g/mol. The Bertz CT molecular complexity index is 419. The normalized spacial score (nSPS) is 19.3. The zero-order valence-electron chi connectivity index (χ0n) is 9.30. The number of halogens is 2. The van der Waals surface area contributed by atoms with Gasteiger partial charge in [0.2, 0.25) is 5.91 Å². The van der Waals surface area contributed by atoms with Crippen molar-refractivity contribution in [1.29, 1.82) is 0 Å². The van der Waals surface area contributed by atoms with Crippen LogP contribution in [0.3, 0.4) is 0 Å². The van der Waals surface area contributed by atoms with Gasteiger partial charge in [-0.3, -0.25) is 4.79 Å². The smallest absolute Gasteiger partial charge is 0.224 e. The summed E-state index contributed by atoms with van der Waals surface area (Å²) in [4.78, 5) is 11.7. The molecule has 0 bridgehead atoms. The van der Waals surface area contributed by atoms with Crippen LogP contribution in [-0.2, 0) is 4.79 Å². The van der Waals surface area contributed by atoms with Crippen LogP contribution < -0.4 is 10.6 Å². The maximum atomic E-state index is 12.9. The molecule has 5 heteroatoms. The van der Waals surface area contributed by atoms with Gasteiger partial charge in [-0.05, 0) is 43.6 Å². The number of carbonyl (C=O) groups is 1. The van der Waals surface area contributed by atoms with Crippen molar-refractivity contribution >= 4 is 23.2 Å². The van der Waals surface area contributed by atoms with Gasteiger partial charge in [0.05, 0.1) is 5.02 Å². The maximum Gasteiger partial charge on any atom is 0.224 e. The van der Waals surface area contributed by atoms with Gasteiger partial charge >= 0.3 is 0 Å². The Balaban J connectivity index is 1.90. The van der Waals surface area contributed by atoms with Crippen molar-refractivity contribution in [1.82, 2.24) is 5.32 Å². The zero-order chi connectivity index (χ0) is 12.3. The van der Waals surface area contributed by atoms with E-state index >= 15 is 0 Å². The molecule has 1 aromatic carbocycles. The lowest BCUT2D eigenvalue weighted by Gasteiger charge is -2.09. The minimum Gasteiger partial charge on any atom is -0.326 e. The van der Waals surface area contributed by atoms with E-state index in [4.69, 9.17) is 11.6 Å². The quantitative estimate of drug-likeness (QED) is 0.872. The number of hydrogen-bond acceptors (Lipinski definition) is 2. The summed E-state index contributed by atoms with van der Waals surface area (Å²) >= 11 is 5.63. The number of anilines is 1. The SMILES string of the molecule is O=C(CC1CCNC1)Nc1ccc(F)c(Cl)c1. The second-order valence-electron chi connectivity index (χ2n) is 4.24. The first-order valence-corrected chi connectivity index (χ1v) is 5.98. The van der Waals surface area contributed by atoms with Crippen molar-refractivity contribution in [2.75, 3.05) is 18.4 Å². The molecular formula is C12H14ClFN2O. The third kappa shape index (κ3) is 3.41. The Morgan fingerprint density at radius 2 is 2.41 bits per heavy atom. The van der Waals surface area contributed by atoms with Crippen molar-refractivity contribution in [2.45, 2.75) is 12.8 Å². The second-order valence-corrected chi connectivity index (χ2v) is 4.65. The predicted octanol–water partition coefficient (Wildman–Crippen LogP) is 2.42. The fourth-order valence-electron chi connectivity index (χ4n) is 1.94. The van der Waals surface area contributed by atoms with Crippen molar-refractivity contribution in [2.24, 2.45) is 5.92 Å². The molecule has 1 atom stereocenters. The van der Waals surface area contributed by atoms with Crippen LogP contribution >= 0.6 is 11.6 Å². The average Bonchev–Trinajstić information content (AvgIpc) is 2.76. The highest BCUT2D eigenvalue weighted by Crippen LogP contribution is 2.20. The van der Waals surface area contributed by atoms with Gasteiger partial charge in [-0.15, -0.1) is 0 Å². The van der Waals surface area contributed by atoms with Crippen LogP contribution in [0, 0.1) is 11.7 Å². The first kappa shape index (κ1) is 12.3. The summed E-state index contributed by atoms with van der Waals surface area (Å²) in [6.07, 6.45) is 1.51. The molecule has 0 radical (unpaired) electrons. The summed E-state index contributed by atoms with van der Waals surface area (Å²) in [5, 5.41) is 5.95. The van der Waals surface area contributed by atoms with Crippen LogP contribution in [0.25, 0.3) is 0 Å². The minimum atomic E-state index is -0.482. The van der Waals surface area contributed by atoms with Crippen molar-refractivity contribution in [3.8, 4) is 0 Å². The van der Waals surface area contributed by atoms with Crippen LogP contribution in [0.5, 0.6) is 0 Å². The Hall–Kier alpha value is -1.13. The molecule has 0 aliphatic carbocycles. The molecule has 92 valence electrons. The summed E-state index contributed by atoms with van der Waals surface area (Å²) in [5.41, 5.74) is 0.535. The van der Waals surface area contributed by atoms with Gasteiger partial charge in [-0.25, -0.2) is 4.39 Å². The number of benzene rings is 1. The first-order chi connectivity index (χ1) is 8.15. The van der Waals surface area contributed by atoms with Gasteiger partial charge in [-0.2, -0.15) is 0 Å². The molecule has 0 spiro atoms. The summed E-state index contributed by atoms with van der Waals surface area (Å²) in [6.45, 7) is 1.86. The van der Waals surface area contributed by atoms with E-state index in [0.29, 0.717) is 18.0 Å². The minimum absolute atomic E-state index is 0.0188. The third-order valence-electron chi connectivity index (χ3n) is 2.84. The molecule has 1 heterocycles. The van der Waals surface area contributed by atoms with E-state index in [1.807, 2.05) is 0 Å². The Morgan fingerprint density at radius 3 is 3.06 bits per heavy atom. The summed E-state index contributed by atoms with van der Waals surface area (Å²) < 4.78 is 12.9. The van der Waals surface area contributed by atoms with Gasteiger partial charge in [0.1, 0.15) is 5.82 Å². The number of carbonyl (C=O) groups excluding carboxylic acids is 1. The van der Waals surface area contributed by atoms with Crippen molar-refractivity contribution < 1.29 is 9.18 Å². The number of rotatable bonds is 3. The third-order valence-corrected chi connectivity index (χ3v) is 3.13. The standard InChI is InChI=1S/C12H14ClFN2O/c13-10-6-9(1-2-11(10)14)16-12(17)5-8-3-4-15-7-8/h1-2,6,8,15H,3-5,7H2,(H,16,17). The largest absolute Gasteiger partial charge is 0.326 e. The number of hydrogen-bond donors (Lipinski definition) is 2. The molecule has 3 nitrogen and oxygen atoms in total. The van der Waals surface area contributed by atoms with Gasteiger partial charge in [-0.1, -0.05) is 11.6 Å². The molecule has 0 aromatic heterocycles. The molecule has 17 heavy (non-hydrogen) atoms.